The predicted octanol–water partition coefficient (Wildman–Crippen LogP) is 7.16. The van der Waals surface area contributed by atoms with Gasteiger partial charge in [0.15, 0.2) is 0 Å². The highest BCUT2D eigenvalue weighted by atomic mass is 16.5. The smallest absolute Gasteiger partial charge is 0.0487 e. The molecule has 21 heavy (non-hydrogen) atoms. The van der Waals surface area contributed by atoms with Gasteiger partial charge in [0, 0.05) is 13.7 Å². The first-order valence-electron chi connectivity index (χ1n) is 9.28. The summed E-state index contributed by atoms with van der Waals surface area (Å²) in [7, 11) is 1.80. The Labute approximate surface area is 135 Å². The Kier molecular flexibility index (Phi) is 24.1. The lowest BCUT2D eigenvalue weighted by Gasteiger charge is -2.09. The van der Waals surface area contributed by atoms with Crippen molar-refractivity contribution >= 4 is 0 Å². The molecule has 0 bridgehead atoms. The fraction of sp³-hybridized carbons (Fsp3) is 0.900. The average molecular weight is 299 g/mol. The van der Waals surface area contributed by atoms with E-state index in [0.29, 0.717) is 0 Å². The number of allylic oxidation sites excluding steroid dienone is 1. The van der Waals surface area contributed by atoms with Crippen molar-refractivity contribution in [3.63, 3.8) is 0 Å². The van der Waals surface area contributed by atoms with Gasteiger partial charge in [-0.05, 0) is 19.3 Å². The van der Waals surface area contributed by atoms with E-state index in [1.165, 1.54) is 77.0 Å². The Morgan fingerprint density at radius 1 is 0.857 bits per heavy atom. The molecule has 0 aliphatic rings. The van der Waals surface area contributed by atoms with Crippen LogP contribution in [0.3, 0.4) is 0 Å². The molecule has 0 spiro atoms. The zero-order chi connectivity index (χ0) is 16.2. The van der Waals surface area contributed by atoms with Crippen LogP contribution in [0.1, 0.15) is 97.8 Å². The Balaban J connectivity index is 0. The summed E-state index contributed by atoms with van der Waals surface area (Å²) >= 11 is 0. The van der Waals surface area contributed by atoms with Gasteiger partial charge in [0.2, 0.25) is 0 Å². The Morgan fingerprint density at radius 3 is 1.62 bits per heavy atom. The van der Waals surface area contributed by atoms with Crippen LogP contribution in [-0.2, 0) is 4.74 Å². The van der Waals surface area contributed by atoms with E-state index < -0.39 is 0 Å². The van der Waals surface area contributed by atoms with Crippen molar-refractivity contribution in [3.8, 4) is 0 Å². The summed E-state index contributed by atoms with van der Waals surface area (Å²) in [6.45, 7) is 10.8. The number of rotatable bonds is 14. The molecule has 128 valence electrons. The lowest BCUT2D eigenvalue weighted by Crippen LogP contribution is -2.02. The summed E-state index contributed by atoms with van der Waals surface area (Å²) in [6, 6.07) is 0. The van der Waals surface area contributed by atoms with Gasteiger partial charge in [-0.15, -0.1) is 6.58 Å². The molecule has 0 saturated heterocycles. The molecule has 0 fully saturated rings. The molecule has 0 aliphatic carbocycles. The maximum Gasteiger partial charge on any atom is 0.0487 e. The van der Waals surface area contributed by atoms with Crippen LogP contribution in [0, 0.1) is 5.92 Å². The quantitative estimate of drug-likeness (QED) is 0.244. The summed E-state index contributed by atoms with van der Waals surface area (Å²) in [5, 5.41) is 0. The van der Waals surface area contributed by atoms with E-state index in [9.17, 15) is 0 Å². The first-order chi connectivity index (χ1) is 10.2. The molecule has 0 aromatic carbocycles. The van der Waals surface area contributed by atoms with Crippen LogP contribution in [0.2, 0.25) is 0 Å². The largest absolute Gasteiger partial charge is 0.384 e. The molecule has 0 rings (SSSR count). The highest BCUT2D eigenvalue weighted by Crippen LogP contribution is 2.14. The van der Waals surface area contributed by atoms with E-state index in [1.54, 1.807) is 13.2 Å². The predicted molar refractivity (Wildman–Crippen MR) is 98.0 cm³/mol. The molecule has 0 amide bonds. The second-order valence-corrected chi connectivity index (χ2v) is 6.29. The van der Waals surface area contributed by atoms with Crippen LogP contribution in [0.4, 0.5) is 0 Å². The van der Waals surface area contributed by atoms with E-state index in [4.69, 9.17) is 4.74 Å². The normalized spacial score (nSPS) is 11.6. The molecule has 1 atom stereocenters. The van der Waals surface area contributed by atoms with Crippen LogP contribution < -0.4 is 0 Å². The van der Waals surface area contributed by atoms with Crippen molar-refractivity contribution in [2.45, 2.75) is 97.8 Å². The number of hydrogen-bond acceptors (Lipinski definition) is 1. The summed E-state index contributed by atoms with van der Waals surface area (Å²) in [6.07, 6.45) is 18.9. The monoisotopic (exact) mass is 298 g/mol. The molecule has 0 aromatic heterocycles. The van der Waals surface area contributed by atoms with Crippen LogP contribution >= 0.6 is 0 Å². The molecule has 0 saturated carbocycles. The minimum absolute atomic E-state index is 0.744. The lowest BCUT2D eigenvalue weighted by atomic mass is 10.0. The average Bonchev–Trinajstić information content (AvgIpc) is 2.46. The molecule has 0 aromatic rings. The van der Waals surface area contributed by atoms with Gasteiger partial charge >= 0.3 is 0 Å². The highest BCUT2D eigenvalue weighted by molar-refractivity contribution is 4.53. The van der Waals surface area contributed by atoms with Crippen molar-refractivity contribution in [2.24, 2.45) is 5.92 Å². The SMILES string of the molecule is C=CC.CCCCCCCCCCCCCC(C)COC. The molecule has 1 nitrogen and oxygen atoms in total. The minimum atomic E-state index is 0.744. The van der Waals surface area contributed by atoms with Gasteiger partial charge in [0.05, 0.1) is 0 Å². The molecule has 0 N–H and O–H groups in total. The zero-order valence-electron chi connectivity index (χ0n) is 15.5. The van der Waals surface area contributed by atoms with Crippen LogP contribution in [0.15, 0.2) is 12.7 Å². The van der Waals surface area contributed by atoms with Gasteiger partial charge in [-0.2, -0.15) is 0 Å². The summed E-state index contributed by atoms with van der Waals surface area (Å²) in [4.78, 5) is 0. The molecule has 0 radical (unpaired) electrons. The molecule has 1 unspecified atom stereocenters. The topological polar surface area (TPSA) is 9.23 Å². The van der Waals surface area contributed by atoms with Crippen molar-refractivity contribution in [1.82, 2.24) is 0 Å². The van der Waals surface area contributed by atoms with Gasteiger partial charge in [-0.25, -0.2) is 0 Å². The van der Waals surface area contributed by atoms with Gasteiger partial charge in [0.1, 0.15) is 0 Å². The summed E-state index contributed by atoms with van der Waals surface area (Å²) < 4.78 is 5.15. The van der Waals surface area contributed by atoms with Gasteiger partial charge in [-0.1, -0.05) is 90.6 Å². The summed E-state index contributed by atoms with van der Waals surface area (Å²) in [5.74, 6) is 0.744. The van der Waals surface area contributed by atoms with E-state index in [-0.39, 0.29) is 0 Å². The van der Waals surface area contributed by atoms with E-state index in [2.05, 4.69) is 20.4 Å². The fourth-order valence-corrected chi connectivity index (χ4v) is 2.52. The first kappa shape index (κ1) is 23.0. The van der Waals surface area contributed by atoms with E-state index in [0.717, 1.165) is 12.5 Å². The zero-order valence-corrected chi connectivity index (χ0v) is 15.5. The van der Waals surface area contributed by atoms with E-state index >= 15 is 0 Å². The van der Waals surface area contributed by atoms with Crippen molar-refractivity contribution in [3.05, 3.63) is 12.7 Å². The van der Waals surface area contributed by atoms with Crippen molar-refractivity contribution < 1.29 is 4.74 Å². The molecule has 0 aliphatic heterocycles. The maximum absolute atomic E-state index is 5.15. The standard InChI is InChI=1S/C17H36O.C3H6/c1-4-5-6-7-8-9-10-11-12-13-14-15-17(2)16-18-3;1-3-2/h17H,4-16H2,1-3H3;3H,1H2,2H3. The van der Waals surface area contributed by atoms with Gasteiger partial charge in [-0.3, -0.25) is 0 Å². The minimum Gasteiger partial charge on any atom is -0.384 e. The number of unbranched alkanes of at least 4 members (excludes halogenated alkanes) is 10. The van der Waals surface area contributed by atoms with Crippen LogP contribution in [0.25, 0.3) is 0 Å². The van der Waals surface area contributed by atoms with E-state index in [1.807, 2.05) is 6.92 Å². The highest BCUT2D eigenvalue weighted by Gasteiger charge is 2.00. The Hall–Kier alpha value is -0.300. The molecule has 0 heterocycles. The number of ether oxygens (including phenoxy) is 1. The van der Waals surface area contributed by atoms with Crippen molar-refractivity contribution in [1.29, 1.82) is 0 Å². The second-order valence-electron chi connectivity index (χ2n) is 6.29. The third-order valence-electron chi connectivity index (χ3n) is 3.75. The molecule has 1 heteroatoms. The Morgan fingerprint density at radius 2 is 1.24 bits per heavy atom. The third kappa shape index (κ3) is 25.0. The second kappa shape index (κ2) is 22.0. The van der Waals surface area contributed by atoms with Gasteiger partial charge < -0.3 is 4.74 Å². The number of hydrogen-bond donors (Lipinski definition) is 0. The molecular weight excluding hydrogens is 256 g/mol. The lowest BCUT2D eigenvalue weighted by molar-refractivity contribution is 0.154. The first-order valence-corrected chi connectivity index (χ1v) is 9.28. The molecular formula is C20H42O. The Bertz CT molecular complexity index is 177. The summed E-state index contributed by atoms with van der Waals surface area (Å²) in [5.41, 5.74) is 0. The van der Waals surface area contributed by atoms with Crippen LogP contribution in [-0.4, -0.2) is 13.7 Å². The fourth-order valence-electron chi connectivity index (χ4n) is 2.52. The van der Waals surface area contributed by atoms with Gasteiger partial charge in [0.25, 0.3) is 0 Å². The van der Waals surface area contributed by atoms with Crippen LogP contribution in [0.5, 0.6) is 0 Å². The number of methoxy groups -OCH3 is 1. The third-order valence-corrected chi connectivity index (χ3v) is 3.75. The van der Waals surface area contributed by atoms with Crippen molar-refractivity contribution in [2.75, 3.05) is 13.7 Å². The maximum atomic E-state index is 5.15.